The van der Waals surface area contributed by atoms with Crippen molar-refractivity contribution < 1.29 is 28.5 Å². The predicted octanol–water partition coefficient (Wildman–Crippen LogP) is 4.26. The fourth-order valence-corrected chi connectivity index (χ4v) is 4.52. The first-order valence-electron chi connectivity index (χ1n) is 9.85. The second kappa shape index (κ2) is 7.96. The molecule has 0 saturated heterocycles. The first-order chi connectivity index (χ1) is 15.1. The van der Waals surface area contributed by atoms with Gasteiger partial charge in [0.15, 0.2) is 17.6 Å². The molecule has 1 N–H and O–H groups in total. The van der Waals surface area contributed by atoms with Crippen molar-refractivity contribution in [3.8, 4) is 27.7 Å². The van der Waals surface area contributed by atoms with Crippen molar-refractivity contribution in [2.75, 3.05) is 18.5 Å². The molecule has 2 aromatic carbocycles. The van der Waals surface area contributed by atoms with E-state index in [1.807, 2.05) is 24.3 Å². The zero-order valence-corrected chi connectivity index (χ0v) is 17.5. The third-order valence-electron chi connectivity index (χ3n) is 4.99. The molecule has 3 aromatic rings. The number of rotatable bonds is 4. The number of hydrogen-bond acceptors (Lipinski definition) is 7. The molecule has 3 heterocycles. The van der Waals surface area contributed by atoms with Gasteiger partial charge in [0.05, 0.1) is 0 Å². The third kappa shape index (κ3) is 3.82. The molecule has 0 spiro atoms. The number of ether oxygens (including phenoxy) is 4. The van der Waals surface area contributed by atoms with Crippen LogP contribution in [0.1, 0.15) is 22.2 Å². The predicted molar refractivity (Wildman–Crippen MR) is 115 cm³/mol. The minimum absolute atomic E-state index is 0.399. The van der Waals surface area contributed by atoms with E-state index in [9.17, 15) is 9.59 Å². The Morgan fingerprint density at radius 2 is 1.81 bits per heavy atom. The highest BCUT2D eigenvalue weighted by molar-refractivity contribution is 7.17. The first-order valence-corrected chi connectivity index (χ1v) is 10.7. The van der Waals surface area contributed by atoms with Gasteiger partial charge in [0, 0.05) is 27.8 Å². The largest absolute Gasteiger partial charge is 0.488 e. The van der Waals surface area contributed by atoms with Crippen LogP contribution >= 0.6 is 11.3 Å². The topological polar surface area (TPSA) is 83.1 Å². The van der Waals surface area contributed by atoms with Gasteiger partial charge in [-0.1, -0.05) is 12.1 Å². The number of benzene rings is 2. The highest BCUT2D eigenvalue weighted by Crippen LogP contribution is 2.42. The molecule has 7 nitrogen and oxygen atoms in total. The number of carbonyl (C=O) groups excluding carboxylic acids is 2. The number of carbonyl (C=O) groups is 2. The standard InChI is InChI=1S/C23H19NO6S/c1-13(22(25)24-15-6-7-18-19(11-15)28-9-8-27-18)30-23(26)20-10-14-12-29-17-5-3-2-4-16(17)21(14)31-20/h2-7,10-11,13H,8-9,12H2,1H3,(H,24,25)/t13-/m0/s1. The van der Waals surface area contributed by atoms with E-state index in [1.54, 1.807) is 24.3 Å². The Kier molecular flexibility index (Phi) is 4.99. The zero-order valence-electron chi connectivity index (χ0n) is 16.7. The van der Waals surface area contributed by atoms with Gasteiger partial charge >= 0.3 is 5.97 Å². The summed E-state index contributed by atoms with van der Waals surface area (Å²) in [5.74, 6) is 1.03. The van der Waals surface area contributed by atoms with Crippen molar-refractivity contribution >= 4 is 28.9 Å². The second-order valence-electron chi connectivity index (χ2n) is 7.15. The smallest absolute Gasteiger partial charge is 0.349 e. The van der Waals surface area contributed by atoms with Gasteiger partial charge in [-0.05, 0) is 37.3 Å². The maximum Gasteiger partial charge on any atom is 0.349 e. The van der Waals surface area contributed by atoms with Crippen LogP contribution in [-0.4, -0.2) is 31.2 Å². The lowest BCUT2D eigenvalue weighted by Gasteiger charge is -2.19. The van der Waals surface area contributed by atoms with Gasteiger partial charge in [-0.2, -0.15) is 0 Å². The molecule has 5 rings (SSSR count). The normalized spacial score (nSPS) is 14.5. The summed E-state index contributed by atoms with van der Waals surface area (Å²) in [5.41, 5.74) is 2.43. The Labute approximate surface area is 182 Å². The van der Waals surface area contributed by atoms with Crippen molar-refractivity contribution in [3.63, 3.8) is 0 Å². The molecule has 1 atom stereocenters. The van der Waals surface area contributed by atoms with Crippen LogP contribution in [0.5, 0.6) is 17.2 Å². The Morgan fingerprint density at radius 3 is 2.68 bits per heavy atom. The van der Waals surface area contributed by atoms with Crippen LogP contribution in [0, 0.1) is 0 Å². The number of esters is 1. The molecular formula is C23H19NO6S. The summed E-state index contributed by atoms with van der Waals surface area (Å²) in [6.07, 6.45) is -0.969. The van der Waals surface area contributed by atoms with Crippen LogP contribution in [-0.2, 0) is 16.1 Å². The summed E-state index contributed by atoms with van der Waals surface area (Å²) in [5, 5.41) is 2.74. The number of thiophene rings is 1. The summed E-state index contributed by atoms with van der Waals surface area (Å²) in [6, 6.07) is 14.6. The molecule has 31 heavy (non-hydrogen) atoms. The lowest BCUT2D eigenvalue weighted by Crippen LogP contribution is -2.29. The van der Waals surface area contributed by atoms with E-state index in [2.05, 4.69) is 5.32 Å². The van der Waals surface area contributed by atoms with E-state index < -0.39 is 18.0 Å². The summed E-state index contributed by atoms with van der Waals surface area (Å²) < 4.78 is 22.1. The Bertz CT molecular complexity index is 1170. The molecule has 0 bridgehead atoms. The summed E-state index contributed by atoms with van der Waals surface area (Å²) in [6.45, 7) is 2.89. The van der Waals surface area contributed by atoms with E-state index in [0.29, 0.717) is 41.9 Å². The van der Waals surface area contributed by atoms with Gasteiger partial charge in [0.25, 0.3) is 5.91 Å². The maximum absolute atomic E-state index is 12.7. The van der Waals surface area contributed by atoms with Crippen LogP contribution in [0.15, 0.2) is 48.5 Å². The molecule has 1 amide bonds. The molecule has 0 aliphatic carbocycles. The van der Waals surface area contributed by atoms with Crippen LogP contribution in [0.25, 0.3) is 10.4 Å². The molecular weight excluding hydrogens is 418 g/mol. The SMILES string of the molecule is C[C@H](OC(=O)c1cc2c(s1)-c1ccccc1OC2)C(=O)Nc1ccc2c(c1)OCCO2. The molecule has 0 unspecified atom stereocenters. The fraction of sp³-hybridized carbons (Fsp3) is 0.217. The quantitative estimate of drug-likeness (QED) is 0.614. The summed E-state index contributed by atoms with van der Waals surface area (Å²) >= 11 is 1.34. The number of anilines is 1. The molecule has 8 heteroatoms. The monoisotopic (exact) mass is 437 g/mol. The van der Waals surface area contributed by atoms with Gasteiger partial charge in [0.1, 0.15) is 30.4 Å². The van der Waals surface area contributed by atoms with Crippen molar-refractivity contribution in [2.24, 2.45) is 0 Å². The first kappa shape index (κ1) is 19.4. The van der Waals surface area contributed by atoms with E-state index in [1.165, 1.54) is 18.3 Å². The minimum atomic E-state index is -0.969. The fourth-order valence-electron chi connectivity index (χ4n) is 3.44. The molecule has 1 aromatic heterocycles. The highest BCUT2D eigenvalue weighted by Gasteiger charge is 2.25. The number of hydrogen-bond donors (Lipinski definition) is 1. The summed E-state index contributed by atoms with van der Waals surface area (Å²) in [4.78, 5) is 26.6. The minimum Gasteiger partial charge on any atom is -0.488 e. The van der Waals surface area contributed by atoms with Crippen LogP contribution in [0.4, 0.5) is 5.69 Å². The summed E-state index contributed by atoms with van der Waals surface area (Å²) in [7, 11) is 0. The Balaban J connectivity index is 1.26. The molecule has 158 valence electrons. The van der Waals surface area contributed by atoms with Gasteiger partial charge < -0.3 is 24.3 Å². The van der Waals surface area contributed by atoms with Crippen LogP contribution < -0.4 is 19.5 Å². The average molecular weight is 437 g/mol. The Hall–Kier alpha value is -3.52. The lowest BCUT2D eigenvalue weighted by atomic mass is 10.1. The van der Waals surface area contributed by atoms with Gasteiger partial charge in [0.2, 0.25) is 0 Å². The number of nitrogens with one attached hydrogen (secondary N) is 1. The maximum atomic E-state index is 12.7. The Morgan fingerprint density at radius 1 is 1.00 bits per heavy atom. The van der Waals surface area contributed by atoms with E-state index in [0.717, 1.165) is 21.8 Å². The van der Waals surface area contributed by atoms with Crippen molar-refractivity contribution in [3.05, 3.63) is 59.0 Å². The van der Waals surface area contributed by atoms with Crippen LogP contribution in [0.3, 0.4) is 0 Å². The number of fused-ring (bicyclic) bond motifs is 4. The number of amides is 1. The molecule has 2 aliphatic heterocycles. The number of para-hydroxylation sites is 1. The van der Waals surface area contributed by atoms with Gasteiger partial charge in [-0.3, -0.25) is 4.79 Å². The average Bonchev–Trinajstić information content (AvgIpc) is 3.24. The lowest BCUT2D eigenvalue weighted by molar-refractivity contribution is -0.123. The van der Waals surface area contributed by atoms with Crippen LogP contribution in [0.2, 0.25) is 0 Å². The zero-order chi connectivity index (χ0) is 21.4. The van der Waals surface area contributed by atoms with E-state index in [-0.39, 0.29) is 0 Å². The van der Waals surface area contributed by atoms with Crippen molar-refractivity contribution in [2.45, 2.75) is 19.6 Å². The van der Waals surface area contributed by atoms with E-state index in [4.69, 9.17) is 18.9 Å². The third-order valence-corrected chi connectivity index (χ3v) is 6.18. The van der Waals surface area contributed by atoms with Gasteiger partial charge in [-0.15, -0.1) is 11.3 Å². The molecule has 0 radical (unpaired) electrons. The highest BCUT2D eigenvalue weighted by atomic mass is 32.1. The molecule has 2 aliphatic rings. The molecule has 0 saturated carbocycles. The van der Waals surface area contributed by atoms with E-state index >= 15 is 0 Å². The van der Waals surface area contributed by atoms with Gasteiger partial charge in [-0.25, -0.2) is 4.79 Å². The van der Waals surface area contributed by atoms with Crippen molar-refractivity contribution in [1.29, 1.82) is 0 Å². The molecule has 0 fully saturated rings. The second-order valence-corrected chi connectivity index (χ2v) is 8.20. The van der Waals surface area contributed by atoms with Crippen molar-refractivity contribution in [1.82, 2.24) is 0 Å².